The molecule has 1 aliphatic rings. The second-order valence-electron chi connectivity index (χ2n) is 12.3. The molecule has 0 fully saturated rings. The molecule has 5 heteroatoms. The molecule has 0 spiro atoms. The summed E-state index contributed by atoms with van der Waals surface area (Å²) in [5.41, 5.74) is 8.44. The van der Waals surface area contributed by atoms with Crippen molar-refractivity contribution >= 4 is 32.8 Å². The molecule has 9 rings (SSSR count). The van der Waals surface area contributed by atoms with E-state index in [1.165, 1.54) is 10.8 Å². The van der Waals surface area contributed by atoms with Gasteiger partial charge < -0.3 is 4.42 Å². The molecule has 0 N–H and O–H groups in total. The molecule has 0 saturated carbocycles. The van der Waals surface area contributed by atoms with Crippen molar-refractivity contribution in [2.75, 3.05) is 0 Å². The van der Waals surface area contributed by atoms with Crippen LogP contribution in [-0.2, 0) is 0 Å². The van der Waals surface area contributed by atoms with E-state index in [1.54, 1.807) is 0 Å². The van der Waals surface area contributed by atoms with Crippen LogP contribution < -0.4 is 0 Å². The fourth-order valence-corrected chi connectivity index (χ4v) is 6.80. The molecule has 8 aromatic rings. The Balaban J connectivity index is 1.32. The van der Waals surface area contributed by atoms with Crippen molar-refractivity contribution in [3.05, 3.63) is 158 Å². The Kier molecular flexibility index (Phi) is 6.75. The fraction of sp³-hybridized carbons (Fsp3) is 0.0698. The number of fused-ring (bicyclic) bond motifs is 4. The van der Waals surface area contributed by atoms with E-state index in [0.717, 1.165) is 61.3 Å². The van der Waals surface area contributed by atoms with Crippen molar-refractivity contribution in [3.8, 4) is 45.0 Å². The molecule has 228 valence electrons. The van der Waals surface area contributed by atoms with Crippen molar-refractivity contribution in [2.45, 2.75) is 12.8 Å². The number of benzene rings is 5. The smallest absolute Gasteiger partial charge is 0.163 e. The summed E-state index contributed by atoms with van der Waals surface area (Å²) in [4.78, 5) is 20.1. The first-order valence-electron chi connectivity index (χ1n) is 16.3. The van der Waals surface area contributed by atoms with Crippen LogP contribution in [0.15, 0.2) is 156 Å². The van der Waals surface area contributed by atoms with E-state index >= 15 is 0 Å². The minimum absolute atomic E-state index is 0.0373. The maximum atomic E-state index is 6.47. The third-order valence-corrected chi connectivity index (χ3v) is 9.26. The highest BCUT2D eigenvalue weighted by Gasteiger charge is 2.23. The van der Waals surface area contributed by atoms with Crippen LogP contribution in [0.5, 0.6) is 0 Å². The molecule has 0 amide bonds. The topological polar surface area (TPSA) is 64.7 Å². The van der Waals surface area contributed by atoms with Crippen molar-refractivity contribution in [1.29, 1.82) is 0 Å². The second-order valence-corrected chi connectivity index (χ2v) is 12.3. The van der Waals surface area contributed by atoms with Crippen molar-refractivity contribution in [2.24, 2.45) is 5.92 Å². The summed E-state index contributed by atoms with van der Waals surface area (Å²) in [5.74, 6) is 2.34. The number of hydrogen-bond acceptors (Lipinski definition) is 5. The first-order chi connectivity index (χ1) is 23.7. The maximum Gasteiger partial charge on any atom is 0.163 e. The van der Waals surface area contributed by atoms with Crippen LogP contribution in [0.1, 0.15) is 18.7 Å². The fourth-order valence-electron chi connectivity index (χ4n) is 6.80. The van der Waals surface area contributed by atoms with E-state index < -0.39 is 0 Å². The predicted octanol–water partition coefficient (Wildman–Crippen LogP) is 10.8. The minimum atomic E-state index is 0.0373. The molecule has 3 heterocycles. The molecule has 5 aromatic carbocycles. The molecule has 2 atom stereocenters. The van der Waals surface area contributed by atoms with E-state index in [4.69, 9.17) is 24.4 Å². The Morgan fingerprint density at radius 2 is 1.25 bits per heavy atom. The molecule has 0 aliphatic heterocycles. The largest absolute Gasteiger partial charge is 0.454 e. The molecule has 0 radical (unpaired) electrons. The van der Waals surface area contributed by atoms with Gasteiger partial charge in [-0.2, -0.15) is 0 Å². The standard InChI is InChI=1S/C43H30N4O/c1-27-12-5-7-17-33(27)43-46-41(29-14-3-2-4-15-29)45-42(47-43)32-25-30(35-20-11-16-28-13-6-8-18-34(28)35)24-31(26-32)36-22-23-44-39-37-19-9-10-21-38(37)48-40(36)39/h2-27,33H,1H3/t27-,33?/m1/s1. The molecule has 1 aliphatic carbocycles. The van der Waals surface area contributed by atoms with Crippen LogP contribution in [0, 0.1) is 5.92 Å². The Morgan fingerprint density at radius 3 is 2.10 bits per heavy atom. The zero-order valence-corrected chi connectivity index (χ0v) is 26.3. The van der Waals surface area contributed by atoms with Gasteiger partial charge in [0.2, 0.25) is 0 Å². The summed E-state index contributed by atoms with van der Waals surface area (Å²) in [5, 5.41) is 3.37. The number of nitrogens with zero attached hydrogens (tertiary/aromatic N) is 4. The van der Waals surface area contributed by atoms with Crippen molar-refractivity contribution < 1.29 is 4.42 Å². The molecule has 0 bridgehead atoms. The lowest BCUT2D eigenvalue weighted by Gasteiger charge is -2.20. The van der Waals surface area contributed by atoms with Gasteiger partial charge in [0.25, 0.3) is 0 Å². The number of pyridine rings is 1. The number of hydrogen-bond donors (Lipinski definition) is 0. The molecule has 1 unspecified atom stereocenters. The van der Waals surface area contributed by atoms with Crippen LogP contribution in [0.25, 0.3) is 77.9 Å². The van der Waals surface area contributed by atoms with E-state index in [2.05, 4.69) is 110 Å². The van der Waals surface area contributed by atoms with E-state index in [1.807, 2.05) is 48.7 Å². The normalized spacial score (nSPS) is 15.9. The lowest BCUT2D eigenvalue weighted by atomic mass is 9.89. The minimum Gasteiger partial charge on any atom is -0.454 e. The van der Waals surface area contributed by atoms with Gasteiger partial charge in [0.05, 0.1) is 0 Å². The van der Waals surface area contributed by atoms with Gasteiger partial charge in [-0.05, 0) is 69.8 Å². The Morgan fingerprint density at radius 1 is 0.562 bits per heavy atom. The predicted molar refractivity (Wildman–Crippen MR) is 194 cm³/mol. The highest BCUT2D eigenvalue weighted by Crippen LogP contribution is 2.40. The highest BCUT2D eigenvalue weighted by molar-refractivity contribution is 6.08. The van der Waals surface area contributed by atoms with E-state index in [-0.39, 0.29) is 11.8 Å². The summed E-state index contributed by atoms with van der Waals surface area (Å²) in [7, 11) is 0. The van der Waals surface area contributed by atoms with Gasteiger partial charge in [0.15, 0.2) is 17.2 Å². The average molecular weight is 619 g/mol. The zero-order chi connectivity index (χ0) is 32.0. The Hall–Kier alpha value is -6.20. The summed E-state index contributed by atoms with van der Waals surface area (Å²) in [6.07, 6.45) is 10.4. The first-order valence-corrected chi connectivity index (χ1v) is 16.3. The molecule has 5 nitrogen and oxygen atoms in total. The molecule has 48 heavy (non-hydrogen) atoms. The van der Waals surface area contributed by atoms with Crippen molar-refractivity contribution in [3.63, 3.8) is 0 Å². The van der Waals surface area contributed by atoms with Crippen LogP contribution in [-0.4, -0.2) is 19.9 Å². The third-order valence-electron chi connectivity index (χ3n) is 9.26. The number of para-hydroxylation sites is 1. The molecular weight excluding hydrogens is 589 g/mol. The second kappa shape index (κ2) is 11.6. The summed E-state index contributed by atoms with van der Waals surface area (Å²) in [6, 6.07) is 41.8. The molecule has 3 aromatic heterocycles. The number of allylic oxidation sites excluding steroid dienone is 4. The Bertz CT molecular complexity index is 2540. The lowest BCUT2D eigenvalue weighted by molar-refractivity contribution is 0.600. The van der Waals surface area contributed by atoms with Gasteiger partial charge in [-0.3, -0.25) is 4.98 Å². The van der Waals surface area contributed by atoms with Gasteiger partial charge in [0.1, 0.15) is 16.9 Å². The zero-order valence-electron chi connectivity index (χ0n) is 26.3. The van der Waals surface area contributed by atoms with Gasteiger partial charge in [-0.25, -0.2) is 15.0 Å². The number of rotatable bonds is 5. The monoisotopic (exact) mass is 618 g/mol. The summed E-state index contributed by atoms with van der Waals surface area (Å²) < 4.78 is 6.47. The van der Waals surface area contributed by atoms with Crippen LogP contribution >= 0.6 is 0 Å². The van der Waals surface area contributed by atoms with Gasteiger partial charge in [-0.1, -0.05) is 116 Å². The highest BCUT2D eigenvalue weighted by atomic mass is 16.3. The molecular formula is C43H30N4O. The van der Waals surface area contributed by atoms with Gasteiger partial charge in [0, 0.05) is 34.2 Å². The van der Waals surface area contributed by atoms with Crippen LogP contribution in [0.4, 0.5) is 0 Å². The quantitative estimate of drug-likeness (QED) is 0.192. The third kappa shape index (κ3) is 4.88. The lowest BCUT2D eigenvalue weighted by Crippen LogP contribution is -2.13. The first kappa shape index (κ1) is 28.1. The number of furan rings is 1. The summed E-state index contributed by atoms with van der Waals surface area (Å²) >= 11 is 0. The van der Waals surface area contributed by atoms with Crippen LogP contribution in [0.3, 0.4) is 0 Å². The average Bonchev–Trinajstić information content (AvgIpc) is 3.54. The van der Waals surface area contributed by atoms with Gasteiger partial charge in [-0.15, -0.1) is 0 Å². The van der Waals surface area contributed by atoms with Crippen molar-refractivity contribution in [1.82, 2.24) is 19.9 Å². The SMILES string of the molecule is C[C@@H]1C=CC=CC1c1nc(-c2ccccc2)nc(-c2cc(-c3cccc4ccccc34)cc(-c3ccnc4c3oc3ccccc34)c2)n1. The van der Waals surface area contributed by atoms with E-state index in [9.17, 15) is 0 Å². The van der Waals surface area contributed by atoms with Gasteiger partial charge >= 0.3 is 0 Å². The van der Waals surface area contributed by atoms with E-state index in [0.29, 0.717) is 11.6 Å². The molecule has 0 saturated heterocycles. The summed E-state index contributed by atoms with van der Waals surface area (Å²) in [6.45, 7) is 2.21. The van der Waals surface area contributed by atoms with Crippen LogP contribution in [0.2, 0.25) is 0 Å². The Labute approximate surface area is 278 Å². The maximum absolute atomic E-state index is 6.47. The number of aromatic nitrogens is 4.